The highest BCUT2D eigenvalue weighted by Gasteiger charge is 2.00. The minimum Gasteiger partial charge on any atom is -0.492 e. The van der Waals surface area contributed by atoms with E-state index in [4.69, 9.17) is 9.84 Å². The van der Waals surface area contributed by atoms with E-state index in [1.807, 2.05) is 37.4 Å². The maximum Gasteiger partial charge on any atom is 0.119 e. The Morgan fingerprint density at radius 2 is 2.30 bits per heavy atom. The molecular weight excluding hydrogens is 256 g/mol. The maximum absolute atomic E-state index is 8.78. The van der Waals surface area contributed by atoms with Crippen molar-refractivity contribution < 1.29 is 9.84 Å². The molecule has 108 valence electrons. The molecule has 2 N–H and O–H groups in total. The van der Waals surface area contributed by atoms with E-state index < -0.39 is 0 Å². The molecular formula is C14H20N4O2. The summed E-state index contributed by atoms with van der Waals surface area (Å²) >= 11 is 0. The second-order valence-corrected chi connectivity index (χ2v) is 4.54. The van der Waals surface area contributed by atoms with Gasteiger partial charge in [0.2, 0.25) is 0 Å². The predicted octanol–water partition coefficient (Wildman–Crippen LogP) is 0.747. The van der Waals surface area contributed by atoms with Crippen LogP contribution in [0.1, 0.15) is 11.3 Å². The molecule has 0 saturated carbocycles. The summed E-state index contributed by atoms with van der Waals surface area (Å²) in [6.45, 7) is 4.57. The molecule has 20 heavy (non-hydrogen) atoms. The fourth-order valence-corrected chi connectivity index (χ4v) is 1.79. The first-order valence-corrected chi connectivity index (χ1v) is 6.68. The molecule has 1 heterocycles. The third kappa shape index (κ3) is 4.64. The van der Waals surface area contributed by atoms with Crippen LogP contribution in [0.4, 0.5) is 0 Å². The quantitative estimate of drug-likeness (QED) is 0.696. The molecule has 0 fully saturated rings. The van der Waals surface area contributed by atoms with Crippen molar-refractivity contribution in [1.29, 1.82) is 0 Å². The average molecular weight is 276 g/mol. The molecule has 1 aromatic carbocycles. The summed E-state index contributed by atoms with van der Waals surface area (Å²) in [6, 6.07) is 7.99. The molecule has 0 bridgehead atoms. The number of hydrogen-bond acceptors (Lipinski definition) is 5. The first kappa shape index (κ1) is 14.5. The Bertz CT molecular complexity index is 527. The summed E-state index contributed by atoms with van der Waals surface area (Å²) in [4.78, 5) is 0. The minimum atomic E-state index is 0.0700. The van der Waals surface area contributed by atoms with Gasteiger partial charge in [-0.05, 0) is 24.6 Å². The monoisotopic (exact) mass is 276 g/mol. The molecule has 0 aliphatic heterocycles. The number of aliphatic hydroxyl groups excluding tert-OH is 1. The van der Waals surface area contributed by atoms with Crippen LogP contribution in [0, 0.1) is 6.92 Å². The van der Waals surface area contributed by atoms with E-state index in [2.05, 4.69) is 15.6 Å². The van der Waals surface area contributed by atoms with Crippen LogP contribution in [0.2, 0.25) is 0 Å². The Kier molecular flexibility index (Phi) is 5.52. The molecule has 2 aromatic rings. The molecule has 0 aliphatic rings. The zero-order chi connectivity index (χ0) is 14.2. The third-order valence-corrected chi connectivity index (χ3v) is 2.76. The van der Waals surface area contributed by atoms with Gasteiger partial charge < -0.3 is 15.2 Å². The molecule has 6 nitrogen and oxygen atoms in total. The lowest BCUT2D eigenvalue weighted by molar-refractivity contribution is 0.268. The molecule has 6 heteroatoms. The fourth-order valence-electron chi connectivity index (χ4n) is 1.79. The molecule has 0 radical (unpaired) electrons. The number of nitrogens with one attached hydrogen (secondary N) is 1. The number of aromatic nitrogens is 3. The van der Waals surface area contributed by atoms with Crippen LogP contribution in [-0.4, -0.2) is 39.9 Å². The third-order valence-electron chi connectivity index (χ3n) is 2.76. The zero-order valence-electron chi connectivity index (χ0n) is 11.6. The molecule has 0 aliphatic carbocycles. The van der Waals surface area contributed by atoms with Crippen molar-refractivity contribution in [2.45, 2.75) is 20.0 Å². The fraction of sp³-hybridized carbons (Fsp3) is 0.429. The van der Waals surface area contributed by atoms with Crippen LogP contribution in [0.25, 0.3) is 0 Å². The van der Waals surface area contributed by atoms with Gasteiger partial charge in [-0.1, -0.05) is 17.3 Å². The van der Waals surface area contributed by atoms with Gasteiger partial charge in [0.05, 0.1) is 18.8 Å². The van der Waals surface area contributed by atoms with Gasteiger partial charge >= 0.3 is 0 Å². The first-order chi connectivity index (χ1) is 9.78. The summed E-state index contributed by atoms with van der Waals surface area (Å²) in [5.41, 5.74) is 2.05. The predicted molar refractivity (Wildman–Crippen MR) is 75.5 cm³/mol. The summed E-state index contributed by atoms with van der Waals surface area (Å²) in [6.07, 6.45) is 1.82. The van der Waals surface area contributed by atoms with Gasteiger partial charge in [-0.25, -0.2) is 4.68 Å². The molecule has 0 unspecified atom stereocenters. The Balaban J connectivity index is 1.63. The maximum atomic E-state index is 8.78. The number of aliphatic hydroxyl groups is 1. The summed E-state index contributed by atoms with van der Waals surface area (Å²) in [5.74, 6) is 0.890. The second-order valence-electron chi connectivity index (χ2n) is 4.54. The highest BCUT2D eigenvalue weighted by atomic mass is 16.5. The number of nitrogens with zero attached hydrogens (tertiary/aromatic N) is 3. The van der Waals surface area contributed by atoms with E-state index in [1.54, 1.807) is 4.68 Å². The highest BCUT2D eigenvalue weighted by molar-refractivity contribution is 5.27. The van der Waals surface area contributed by atoms with Crippen molar-refractivity contribution in [2.24, 2.45) is 0 Å². The van der Waals surface area contributed by atoms with Crippen molar-refractivity contribution in [3.8, 4) is 5.75 Å². The van der Waals surface area contributed by atoms with Crippen molar-refractivity contribution in [3.05, 3.63) is 41.7 Å². The van der Waals surface area contributed by atoms with Crippen molar-refractivity contribution in [3.63, 3.8) is 0 Å². The lowest BCUT2D eigenvalue weighted by Gasteiger charge is -2.07. The Labute approximate surface area is 118 Å². The number of hydrogen-bond donors (Lipinski definition) is 2. The number of rotatable bonds is 8. The summed E-state index contributed by atoms with van der Waals surface area (Å²) in [7, 11) is 0. The molecule has 0 spiro atoms. The molecule has 0 atom stereocenters. The van der Waals surface area contributed by atoms with Crippen molar-refractivity contribution >= 4 is 0 Å². The largest absolute Gasteiger partial charge is 0.492 e. The second kappa shape index (κ2) is 7.62. The number of benzene rings is 1. The van der Waals surface area contributed by atoms with Crippen molar-refractivity contribution in [1.82, 2.24) is 20.3 Å². The Morgan fingerprint density at radius 1 is 1.40 bits per heavy atom. The molecule has 0 amide bonds. The molecule has 2 rings (SSSR count). The Hall–Kier alpha value is -1.92. The van der Waals surface area contributed by atoms with Crippen LogP contribution in [0.5, 0.6) is 5.75 Å². The smallest absolute Gasteiger partial charge is 0.119 e. The standard InChI is InChI=1S/C14H20N4O2/c1-12-3-2-4-14(9-12)20-8-5-15-10-13-11-18(6-7-19)17-16-13/h2-4,9,11,15,19H,5-8,10H2,1H3. The van der Waals surface area contributed by atoms with E-state index >= 15 is 0 Å². The normalized spacial score (nSPS) is 10.7. The van der Waals surface area contributed by atoms with Gasteiger partial charge in [-0.3, -0.25) is 0 Å². The van der Waals surface area contributed by atoms with Gasteiger partial charge in [0.25, 0.3) is 0 Å². The average Bonchev–Trinajstić information content (AvgIpc) is 2.87. The van der Waals surface area contributed by atoms with Crippen LogP contribution in [0.3, 0.4) is 0 Å². The van der Waals surface area contributed by atoms with Gasteiger partial charge in [0.15, 0.2) is 0 Å². The zero-order valence-corrected chi connectivity index (χ0v) is 11.6. The number of ether oxygens (including phenoxy) is 1. The SMILES string of the molecule is Cc1cccc(OCCNCc2cn(CCO)nn2)c1. The van der Waals surface area contributed by atoms with E-state index in [0.29, 0.717) is 19.7 Å². The van der Waals surface area contributed by atoms with Crippen molar-refractivity contribution in [2.75, 3.05) is 19.8 Å². The van der Waals surface area contributed by atoms with E-state index in [0.717, 1.165) is 18.0 Å². The van der Waals surface area contributed by atoms with Gasteiger partial charge in [-0.15, -0.1) is 5.10 Å². The van der Waals surface area contributed by atoms with Crippen LogP contribution in [-0.2, 0) is 13.1 Å². The van der Waals surface area contributed by atoms with Crippen LogP contribution in [0.15, 0.2) is 30.5 Å². The van der Waals surface area contributed by atoms with E-state index in [-0.39, 0.29) is 6.61 Å². The van der Waals surface area contributed by atoms with Gasteiger partial charge in [-0.2, -0.15) is 0 Å². The van der Waals surface area contributed by atoms with E-state index in [1.165, 1.54) is 5.56 Å². The summed E-state index contributed by atoms with van der Waals surface area (Å²) < 4.78 is 7.26. The Morgan fingerprint density at radius 3 is 3.10 bits per heavy atom. The lowest BCUT2D eigenvalue weighted by atomic mass is 10.2. The van der Waals surface area contributed by atoms with Gasteiger partial charge in [0, 0.05) is 19.3 Å². The highest BCUT2D eigenvalue weighted by Crippen LogP contribution is 2.11. The van der Waals surface area contributed by atoms with Gasteiger partial charge in [0.1, 0.15) is 12.4 Å². The molecule has 0 saturated heterocycles. The van der Waals surface area contributed by atoms with Crippen LogP contribution >= 0.6 is 0 Å². The van der Waals surface area contributed by atoms with Crippen LogP contribution < -0.4 is 10.1 Å². The molecule has 1 aromatic heterocycles. The minimum absolute atomic E-state index is 0.0700. The first-order valence-electron chi connectivity index (χ1n) is 6.68. The lowest BCUT2D eigenvalue weighted by Crippen LogP contribution is -2.20. The topological polar surface area (TPSA) is 72.2 Å². The summed E-state index contributed by atoms with van der Waals surface area (Å²) in [5, 5.41) is 19.9. The number of aryl methyl sites for hydroxylation is 1. The van der Waals surface area contributed by atoms with E-state index in [9.17, 15) is 0 Å².